The van der Waals surface area contributed by atoms with E-state index in [9.17, 15) is 0 Å². The van der Waals surface area contributed by atoms with Crippen LogP contribution < -0.4 is 16.6 Å². The van der Waals surface area contributed by atoms with Crippen molar-refractivity contribution in [3.8, 4) is 0 Å². The molecule has 21 heavy (non-hydrogen) atoms. The Morgan fingerprint density at radius 3 is 2.67 bits per heavy atom. The SMILES string of the molecule is Cc1cc2c(NC3CCC(C)(C)CC3)nc(NN)nc2s1. The zero-order valence-electron chi connectivity index (χ0n) is 12.9. The van der Waals surface area contributed by atoms with E-state index in [0.29, 0.717) is 17.4 Å². The Bertz CT molecular complexity index is 639. The number of nitrogen functional groups attached to an aromatic ring is 1. The summed E-state index contributed by atoms with van der Waals surface area (Å²) in [6.45, 7) is 6.80. The minimum absolute atomic E-state index is 0.474. The zero-order chi connectivity index (χ0) is 15.0. The summed E-state index contributed by atoms with van der Waals surface area (Å²) in [6, 6.07) is 2.64. The number of nitrogens with one attached hydrogen (secondary N) is 2. The fourth-order valence-corrected chi connectivity index (χ4v) is 3.83. The predicted molar refractivity (Wildman–Crippen MR) is 89.6 cm³/mol. The van der Waals surface area contributed by atoms with E-state index >= 15 is 0 Å². The molecule has 1 saturated carbocycles. The van der Waals surface area contributed by atoms with Crippen molar-refractivity contribution < 1.29 is 0 Å². The highest BCUT2D eigenvalue weighted by atomic mass is 32.1. The topological polar surface area (TPSA) is 75.9 Å². The number of fused-ring (bicyclic) bond motifs is 1. The summed E-state index contributed by atoms with van der Waals surface area (Å²) < 4.78 is 0. The third-order valence-corrected chi connectivity index (χ3v) is 5.27. The molecule has 1 fully saturated rings. The van der Waals surface area contributed by atoms with Crippen molar-refractivity contribution >= 4 is 33.3 Å². The van der Waals surface area contributed by atoms with Crippen molar-refractivity contribution in [2.75, 3.05) is 10.7 Å². The van der Waals surface area contributed by atoms with Crippen LogP contribution in [0.25, 0.3) is 10.2 Å². The molecule has 2 heterocycles. The Kier molecular flexibility index (Phi) is 3.75. The first kappa shape index (κ1) is 14.5. The lowest BCUT2D eigenvalue weighted by molar-refractivity contribution is 0.232. The molecule has 6 heteroatoms. The number of aryl methyl sites for hydroxylation is 1. The number of rotatable bonds is 3. The summed E-state index contributed by atoms with van der Waals surface area (Å²) >= 11 is 1.67. The van der Waals surface area contributed by atoms with E-state index in [1.165, 1.54) is 30.6 Å². The van der Waals surface area contributed by atoms with Gasteiger partial charge in [0, 0.05) is 10.9 Å². The molecule has 0 aliphatic heterocycles. The van der Waals surface area contributed by atoms with Gasteiger partial charge in [-0.2, -0.15) is 4.98 Å². The van der Waals surface area contributed by atoms with Gasteiger partial charge >= 0.3 is 0 Å². The monoisotopic (exact) mass is 305 g/mol. The highest BCUT2D eigenvalue weighted by Gasteiger charge is 2.27. The summed E-state index contributed by atoms with van der Waals surface area (Å²) in [6.07, 6.45) is 4.88. The third-order valence-electron chi connectivity index (χ3n) is 4.33. The molecule has 0 bridgehead atoms. The van der Waals surface area contributed by atoms with E-state index in [4.69, 9.17) is 5.84 Å². The molecule has 2 aromatic rings. The smallest absolute Gasteiger partial charge is 0.240 e. The number of aromatic nitrogens is 2. The quantitative estimate of drug-likeness (QED) is 0.596. The Hall–Kier alpha value is -1.40. The van der Waals surface area contributed by atoms with E-state index in [0.717, 1.165) is 16.0 Å². The Balaban J connectivity index is 1.86. The molecule has 2 aromatic heterocycles. The van der Waals surface area contributed by atoms with E-state index in [1.807, 2.05) is 0 Å². The fraction of sp³-hybridized carbons (Fsp3) is 0.600. The van der Waals surface area contributed by atoms with E-state index in [1.54, 1.807) is 11.3 Å². The molecule has 0 aromatic carbocycles. The Morgan fingerprint density at radius 1 is 1.29 bits per heavy atom. The van der Waals surface area contributed by atoms with Crippen LogP contribution in [0.4, 0.5) is 11.8 Å². The van der Waals surface area contributed by atoms with E-state index < -0.39 is 0 Å². The molecule has 0 atom stereocenters. The molecule has 4 N–H and O–H groups in total. The van der Waals surface area contributed by atoms with Crippen molar-refractivity contribution in [1.29, 1.82) is 0 Å². The number of hydrogen-bond donors (Lipinski definition) is 3. The number of anilines is 2. The first-order chi connectivity index (χ1) is 9.97. The van der Waals surface area contributed by atoms with Gasteiger partial charge < -0.3 is 5.32 Å². The van der Waals surface area contributed by atoms with Gasteiger partial charge in [0.05, 0.1) is 5.39 Å². The lowest BCUT2D eigenvalue weighted by atomic mass is 9.75. The summed E-state index contributed by atoms with van der Waals surface area (Å²) in [5, 5.41) is 4.71. The fourth-order valence-electron chi connectivity index (χ4n) is 2.95. The van der Waals surface area contributed by atoms with Crippen molar-refractivity contribution in [2.45, 2.75) is 52.5 Å². The van der Waals surface area contributed by atoms with Crippen LogP contribution in [0.15, 0.2) is 6.07 Å². The second-order valence-electron chi connectivity index (χ2n) is 6.70. The van der Waals surface area contributed by atoms with Crippen molar-refractivity contribution in [3.05, 3.63) is 10.9 Å². The molecule has 0 radical (unpaired) electrons. The van der Waals surface area contributed by atoms with Crippen LogP contribution >= 0.6 is 11.3 Å². The normalized spacial score (nSPS) is 18.9. The van der Waals surface area contributed by atoms with E-state index in [-0.39, 0.29) is 0 Å². The maximum absolute atomic E-state index is 5.49. The number of nitrogens with two attached hydrogens (primary N) is 1. The Labute approximate surface area is 129 Å². The number of hydrazine groups is 1. The maximum atomic E-state index is 5.49. The molecular formula is C15H23N5S. The maximum Gasteiger partial charge on any atom is 0.240 e. The van der Waals surface area contributed by atoms with Crippen LogP contribution in [0.5, 0.6) is 0 Å². The van der Waals surface area contributed by atoms with Gasteiger partial charge in [-0.3, -0.25) is 5.43 Å². The van der Waals surface area contributed by atoms with Crippen LogP contribution in [-0.4, -0.2) is 16.0 Å². The molecule has 0 unspecified atom stereocenters. The lowest BCUT2D eigenvalue weighted by Gasteiger charge is -2.34. The van der Waals surface area contributed by atoms with Gasteiger partial charge in [0.25, 0.3) is 0 Å². The molecular weight excluding hydrogens is 282 g/mol. The van der Waals surface area contributed by atoms with Gasteiger partial charge in [0.15, 0.2) is 0 Å². The molecule has 1 aliphatic rings. The standard InChI is InChI=1S/C15H23N5S/c1-9-8-11-12(18-14(20-16)19-13(11)21-9)17-10-4-6-15(2,3)7-5-10/h8,10H,4-7,16H2,1-3H3,(H2,17,18,19,20). The van der Waals surface area contributed by atoms with Crippen molar-refractivity contribution in [3.63, 3.8) is 0 Å². The molecule has 5 nitrogen and oxygen atoms in total. The first-order valence-corrected chi connectivity index (χ1v) is 8.30. The van der Waals surface area contributed by atoms with Crippen LogP contribution in [0.3, 0.4) is 0 Å². The zero-order valence-corrected chi connectivity index (χ0v) is 13.7. The predicted octanol–water partition coefficient (Wildman–Crippen LogP) is 3.67. The number of hydrogen-bond acceptors (Lipinski definition) is 6. The van der Waals surface area contributed by atoms with Gasteiger partial charge in [-0.25, -0.2) is 10.8 Å². The average Bonchev–Trinajstić information content (AvgIpc) is 2.81. The molecule has 3 rings (SSSR count). The van der Waals surface area contributed by atoms with Gasteiger partial charge in [0.1, 0.15) is 10.6 Å². The minimum Gasteiger partial charge on any atom is -0.367 e. The molecule has 114 valence electrons. The largest absolute Gasteiger partial charge is 0.367 e. The second-order valence-corrected chi connectivity index (χ2v) is 7.93. The number of thiophene rings is 1. The van der Waals surface area contributed by atoms with Crippen LogP contribution in [0.2, 0.25) is 0 Å². The lowest BCUT2D eigenvalue weighted by Crippen LogP contribution is -2.30. The van der Waals surface area contributed by atoms with E-state index in [2.05, 4.69) is 47.5 Å². The van der Waals surface area contributed by atoms with Crippen molar-refractivity contribution in [1.82, 2.24) is 9.97 Å². The second kappa shape index (κ2) is 5.42. The van der Waals surface area contributed by atoms with Crippen LogP contribution in [0, 0.1) is 12.3 Å². The minimum atomic E-state index is 0.474. The summed E-state index contributed by atoms with van der Waals surface area (Å²) in [4.78, 5) is 11.2. The summed E-state index contributed by atoms with van der Waals surface area (Å²) in [7, 11) is 0. The first-order valence-electron chi connectivity index (χ1n) is 7.48. The molecule has 1 aliphatic carbocycles. The van der Waals surface area contributed by atoms with Crippen LogP contribution in [-0.2, 0) is 0 Å². The van der Waals surface area contributed by atoms with Gasteiger partial charge in [-0.05, 0) is 44.1 Å². The molecule has 0 amide bonds. The summed E-state index contributed by atoms with van der Waals surface area (Å²) in [5.41, 5.74) is 3.04. The highest BCUT2D eigenvalue weighted by molar-refractivity contribution is 7.18. The molecule has 0 saturated heterocycles. The van der Waals surface area contributed by atoms with Crippen molar-refractivity contribution in [2.24, 2.45) is 11.3 Å². The number of nitrogens with zero attached hydrogens (tertiary/aromatic N) is 2. The summed E-state index contributed by atoms with van der Waals surface area (Å²) in [5.74, 6) is 6.87. The third kappa shape index (κ3) is 3.11. The highest BCUT2D eigenvalue weighted by Crippen LogP contribution is 2.37. The Morgan fingerprint density at radius 2 is 2.00 bits per heavy atom. The van der Waals surface area contributed by atoms with Gasteiger partial charge in [-0.1, -0.05) is 13.8 Å². The van der Waals surface area contributed by atoms with Crippen LogP contribution in [0.1, 0.15) is 44.4 Å². The van der Waals surface area contributed by atoms with Gasteiger partial charge in [-0.15, -0.1) is 11.3 Å². The molecule has 0 spiro atoms. The average molecular weight is 305 g/mol. The van der Waals surface area contributed by atoms with Gasteiger partial charge in [0.2, 0.25) is 5.95 Å².